The Kier molecular flexibility index (Phi) is 5.79. The average molecular weight is 313 g/mol. The maximum atomic E-state index is 13.2. The van der Waals surface area contributed by atoms with E-state index in [2.05, 4.69) is 10.2 Å². The summed E-state index contributed by atoms with van der Waals surface area (Å²) in [4.78, 5) is 2.06. The van der Waals surface area contributed by atoms with Crippen LogP contribution >= 0.6 is 12.4 Å². The van der Waals surface area contributed by atoms with E-state index in [4.69, 9.17) is 0 Å². The van der Waals surface area contributed by atoms with Gasteiger partial charge in [-0.3, -0.25) is 4.90 Å². The van der Waals surface area contributed by atoms with Gasteiger partial charge in [-0.2, -0.15) is 13.2 Å². The van der Waals surface area contributed by atoms with Crippen molar-refractivity contribution in [3.63, 3.8) is 0 Å². The molecule has 1 heterocycles. The van der Waals surface area contributed by atoms with Gasteiger partial charge in [-0.05, 0) is 31.2 Å². The third kappa shape index (κ3) is 4.07. The summed E-state index contributed by atoms with van der Waals surface area (Å²) in [5.74, 6) is -1.22. The number of likely N-dealkylation sites (tertiary alicyclic amines) is 1. The molecule has 0 spiro atoms. The molecular weight excluding hydrogens is 296 g/mol. The van der Waals surface area contributed by atoms with Gasteiger partial charge in [0, 0.05) is 25.7 Å². The summed E-state index contributed by atoms with van der Waals surface area (Å²) >= 11 is 0. The highest BCUT2D eigenvalue weighted by atomic mass is 35.5. The predicted molar refractivity (Wildman–Crippen MR) is 71.4 cm³/mol. The molecule has 114 valence electrons. The first-order chi connectivity index (χ1) is 8.90. The minimum atomic E-state index is -4.64. The van der Waals surface area contributed by atoms with Crippen molar-refractivity contribution in [1.82, 2.24) is 10.2 Å². The van der Waals surface area contributed by atoms with Crippen LogP contribution in [0.4, 0.5) is 17.6 Å². The lowest BCUT2D eigenvalue weighted by molar-refractivity contribution is -0.140. The van der Waals surface area contributed by atoms with Gasteiger partial charge in [0.1, 0.15) is 5.82 Å². The molecule has 1 aliphatic heterocycles. The van der Waals surface area contributed by atoms with E-state index in [0.717, 1.165) is 31.6 Å². The monoisotopic (exact) mass is 312 g/mol. The number of nitrogens with zero attached hydrogens (tertiary/aromatic N) is 1. The molecule has 1 N–H and O–H groups in total. The van der Waals surface area contributed by atoms with E-state index in [-0.39, 0.29) is 12.4 Å². The normalized spacial score (nSPS) is 19.9. The zero-order chi connectivity index (χ0) is 14.0. The Bertz CT molecular complexity index is 450. The standard InChI is InChI=1S/C13H16F4N2.ClH/c1-18-10-4-5-19(8-10)7-9-2-3-12(14)11(6-9)13(15,16)17;/h2-3,6,10,18H,4-5,7-8H2,1H3;1H. The first kappa shape index (κ1) is 17.2. The van der Waals surface area contributed by atoms with Crippen LogP contribution in [0.2, 0.25) is 0 Å². The highest BCUT2D eigenvalue weighted by Crippen LogP contribution is 2.32. The van der Waals surface area contributed by atoms with Gasteiger partial charge in [0.2, 0.25) is 0 Å². The topological polar surface area (TPSA) is 15.3 Å². The molecule has 1 atom stereocenters. The molecule has 0 aromatic heterocycles. The number of rotatable bonds is 3. The lowest BCUT2D eigenvalue weighted by Crippen LogP contribution is -2.29. The van der Waals surface area contributed by atoms with Crippen molar-refractivity contribution >= 4 is 12.4 Å². The Morgan fingerprint density at radius 1 is 1.35 bits per heavy atom. The summed E-state index contributed by atoms with van der Waals surface area (Å²) in [5.41, 5.74) is -0.695. The van der Waals surface area contributed by atoms with Gasteiger partial charge in [-0.15, -0.1) is 12.4 Å². The van der Waals surface area contributed by atoms with E-state index in [9.17, 15) is 17.6 Å². The van der Waals surface area contributed by atoms with Gasteiger partial charge < -0.3 is 5.32 Å². The molecule has 0 saturated carbocycles. The van der Waals surface area contributed by atoms with Gasteiger partial charge in [0.15, 0.2) is 0 Å². The molecule has 1 saturated heterocycles. The number of benzene rings is 1. The molecule has 7 heteroatoms. The lowest BCUT2D eigenvalue weighted by atomic mass is 10.1. The van der Waals surface area contributed by atoms with Crippen LogP contribution in [0.5, 0.6) is 0 Å². The first-order valence-corrected chi connectivity index (χ1v) is 6.15. The summed E-state index contributed by atoms with van der Waals surface area (Å²) in [6.45, 7) is 2.06. The molecule has 1 aromatic carbocycles. The van der Waals surface area contributed by atoms with Gasteiger partial charge in [0.25, 0.3) is 0 Å². The van der Waals surface area contributed by atoms with E-state index in [1.165, 1.54) is 6.07 Å². The first-order valence-electron chi connectivity index (χ1n) is 6.15. The van der Waals surface area contributed by atoms with Crippen molar-refractivity contribution in [2.45, 2.75) is 25.2 Å². The Balaban J connectivity index is 0.00000200. The van der Waals surface area contributed by atoms with Crippen molar-refractivity contribution in [2.75, 3.05) is 20.1 Å². The molecule has 0 radical (unpaired) electrons. The summed E-state index contributed by atoms with van der Waals surface area (Å²) in [6.07, 6.45) is -3.66. The molecule has 2 rings (SSSR count). The molecule has 1 fully saturated rings. The summed E-state index contributed by atoms with van der Waals surface area (Å²) in [6, 6.07) is 3.59. The fourth-order valence-corrected chi connectivity index (χ4v) is 2.36. The molecular formula is C13H17ClF4N2. The predicted octanol–water partition coefficient (Wildman–Crippen LogP) is 3.06. The van der Waals surface area contributed by atoms with Gasteiger partial charge in [0.05, 0.1) is 5.56 Å². The van der Waals surface area contributed by atoms with Gasteiger partial charge in [-0.25, -0.2) is 4.39 Å². The number of halogens is 5. The van der Waals surface area contributed by atoms with Crippen LogP contribution in [0.25, 0.3) is 0 Å². The molecule has 1 unspecified atom stereocenters. The molecule has 1 aliphatic rings. The highest BCUT2D eigenvalue weighted by molar-refractivity contribution is 5.85. The van der Waals surface area contributed by atoms with Crippen LogP contribution < -0.4 is 5.32 Å². The summed E-state index contributed by atoms with van der Waals surface area (Å²) in [5, 5.41) is 3.14. The number of alkyl halides is 3. The molecule has 0 bridgehead atoms. The maximum absolute atomic E-state index is 13.2. The number of hydrogen-bond acceptors (Lipinski definition) is 2. The zero-order valence-corrected chi connectivity index (χ0v) is 11.8. The van der Waals surface area contributed by atoms with Crippen molar-refractivity contribution in [3.8, 4) is 0 Å². The SMILES string of the molecule is CNC1CCN(Cc2ccc(F)c(C(F)(F)F)c2)C1.Cl. The van der Waals surface area contributed by atoms with E-state index in [1.807, 2.05) is 7.05 Å². The minimum Gasteiger partial charge on any atom is -0.316 e. The molecule has 1 aromatic rings. The van der Waals surface area contributed by atoms with E-state index < -0.39 is 17.6 Å². The summed E-state index contributed by atoms with van der Waals surface area (Å²) < 4.78 is 50.9. The van der Waals surface area contributed by atoms with Crippen LogP contribution in [-0.2, 0) is 12.7 Å². The smallest absolute Gasteiger partial charge is 0.316 e. The van der Waals surface area contributed by atoms with Crippen LogP contribution in [0, 0.1) is 5.82 Å². The summed E-state index contributed by atoms with van der Waals surface area (Å²) in [7, 11) is 1.87. The fourth-order valence-electron chi connectivity index (χ4n) is 2.36. The number of hydrogen-bond donors (Lipinski definition) is 1. The third-order valence-electron chi connectivity index (χ3n) is 3.42. The van der Waals surface area contributed by atoms with E-state index in [1.54, 1.807) is 0 Å². The number of nitrogens with one attached hydrogen (secondary N) is 1. The third-order valence-corrected chi connectivity index (χ3v) is 3.42. The lowest BCUT2D eigenvalue weighted by Gasteiger charge is -2.17. The Hall–Kier alpha value is -0.850. The van der Waals surface area contributed by atoms with Crippen LogP contribution in [0.1, 0.15) is 17.5 Å². The fraction of sp³-hybridized carbons (Fsp3) is 0.538. The molecule has 2 nitrogen and oxygen atoms in total. The van der Waals surface area contributed by atoms with Crippen molar-refractivity contribution in [2.24, 2.45) is 0 Å². The molecule has 0 amide bonds. The zero-order valence-electron chi connectivity index (χ0n) is 11.0. The average Bonchev–Trinajstić information content (AvgIpc) is 2.78. The van der Waals surface area contributed by atoms with Crippen LogP contribution in [0.3, 0.4) is 0 Å². The number of likely N-dealkylation sites (N-methyl/N-ethyl adjacent to an activating group) is 1. The Labute approximate surface area is 121 Å². The quantitative estimate of drug-likeness (QED) is 0.863. The van der Waals surface area contributed by atoms with Crippen LogP contribution in [-0.4, -0.2) is 31.1 Å². The highest BCUT2D eigenvalue weighted by Gasteiger charge is 2.34. The second-order valence-electron chi connectivity index (χ2n) is 4.82. The Morgan fingerprint density at radius 2 is 2.05 bits per heavy atom. The van der Waals surface area contributed by atoms with Crippen molar-refractivity contribution < 1.29 is 17.6 Å². The van der Waals surface area contributed by atoms with Gasteiger partial charge >= 0.3 is 6.18 Å². The maximum Gasteiger partial charge on any atom is 0.419 e. The van der Waals surface area contributed by atoms with Crippen LogP contribution in [0.15, 0.2) is 18.2 Å². The second-order valence-corrected chi connectivity index (χ2v) is 4.82. The van der Waals surface area contributed by atoms with Crippen molar-refractivity contribution in [3.05, 3.63) is 35.1 Å². The second kappa shape index (κ2) is 6.74. The van der Waals surface area contributed by atoms with Crippen molar-refractivity contribution in [1.29, 1.82) is 0 Å². The Morgan fingerprint density at radius 3 is 2.60 bits per heavy atom. The molecule has 0 aliphatic carbocycles. The van der Waals surface area contributed by atoms with Gasteiger partial charge in [-0.1, -0.05) is 6.07 Å². The minimum absolute atomic E-state index is 0. The largest absolute Gasteiger partial charge is 0.419 e. The van der Waals surface area contributed by atoms with E-state index in [0.29, 0.717) is 18.2 Å². The molecule has 20 heavy (non-hydrogen) atoms. The van der Waals surface area contributed by atoms with E-state index >= 15 is 0 Å².